The summed E-state index contributed by atoms with van der Waals surface area (Å²) in [5.74, 6) is -0.262. The first kappa shape index (κ1) is 15.1. The number of rotatable bonds is 6. The van der Waals surface area contributed by atoms with Gasteiger partial charge in [0.15, 0.2) is 0 Å². The van der Waals surface area contributed by atoms with Gasteiger partial charge in [0.05, 0.1) is 0 Å². The van der Waals surface area contributed by atoms with Crippen molar-refractivity contribution in [1.82, 2.24) is 4.72 Å². The highest BCUT2D eigenvalue weighted by Crippen LogP contribution is 2.36. The van der Waals surface area contributed by atoms with Gasteiger partial charge in [-0.15, -0.1) is 0 Å². The third-order valence-electron chi connectivity index (χ3n) is 3.71. The molecule has 2 N–H and O–H groups in total. The number of carboxylic acid groups (broad SMARTS) is 1. The predicted molar refractivity (Wildman–Crippen MR) is 72.2 cm³/mol. The van der Waals surface area contributed by atoms with E-state index in [4.69, 9.17) is 9.52 Å². The van der Waals surface area contributed by atoms with Crippen molar-refractivity contribution < 1.29 is 22.7 Å². The van der Waals surface area contributed by atoms with Gasteiger partial charge in [0.1, 0.15) is 22.0 Å². The Hall–Kier alpha value is -1.34. The van der Waals surface area contributed by atoms with E-state index in [1.54, 1.807) is 0 Å². The van der Waals surface area contributed by atoms with E-state index in [2.05, 4.69) is 4.72 Å². The van der Waals surface area contributed by atoms with Crippen molar-refractivity contribution in [3.8, 4) is 0 Å². The summed E-state index contributed by atoms with van der Waals surface area (Å²) in [4.78, 5) is 10.9. The average Bonchev–Trinajstić information content (AvgIpc) is 3.11. The molecule has 1 saturated carbocycles. The van der Waals surface area contributed by atoms with Crippen LogP contribution < -0.4 is 4.72 Å². The van der Waals surface area contributed by atoms with E-state index in [-0.39, 0.29) is 27.9 Å². The molecule has 0 aliphatic heterocycles. The molecular weight excluding hydrogens is 282 g/mol. The first-order valence-corrected chi connectivity index (χ1v) is 8.05. The molecule has 1 aromatic heterocycles. The molecule has 0 aromatic carbocycles. The molecule has 0 saturated heterocycles. The molecule has 1 heterocycles. The average molecular weight is 301 g/mol. The zero-order valence-corrected chi connectivity index (χ0v) is 12.6. The molecule has 1 aliphatic carbocycles. The van der Waals surface area contributed by atoms with Gasteiger partial charge in [0.2, 0.25) is 10.0 Å². The molecule has 0 amide bonds. The SMILES string of the molecule is Cc1oc(C)c(S(=O)(=O)NCC(C)C2CC2)c1C(=O)O. The van der Waals surface area contributed by atoms with E-state index in [1.807, 2.05) is 6.92 Å². The van der Waals surface area contributed by atoms with E-state index in [0.29, 0.717) is 12.5 Å². The van der Waals surface area contributed by atoms with Gasteiger partial charge < -0.3 is 9.52 Å². The Morgan fingerprint density at radius 3 is 2.50 bits per heavy atom. The maximum Gasteiger partial charge on any atom is 0.340 e. The summed E-state index contributed by atoms with van der Waals surface area (Å²) in [5.41, 5.74) is -0.283. The van der Waals surface area contributed by atoms with Gasteiger partial charge in [-0.25, -0.2) is 17.9 Å². The summed E-state index contributed by atoms with van der Waals surface area (Å²) in [6, 6.07) is 0. The highest BCUT2D eigenvalue weighted by atomic mass is 32.2. The molecule has 2 rings (SSSR count). The molecule has 7 heteroatoms. The Labute approximate surface area is 118 Å². The number of hydrogen-bond donors (Lipinski definition) is 2. The summed E-state index contributed by atoms with van der Waals surface area (Å²) < 4.78 is 32.3. The number of carboxylic acids is 1. The monoisotopic (exact) mass is 301 g/mol. The van der Waals surface area contributed by atoms with Gasteiger partial charge in [0.25, 0.3) is 0 Å². The van der Waals surface area contributed by atoms with Gasteiger partial charge in [-0.2, -0.15) is 0 Å². The van der Waals surface area contributed by atoms with Gasteiger partial charge in [-0.1, -0.05) is 6.92 Å². The molecule has 20 heavy (non-hydrogen) atoms. The van der Waals surface area contributed by atoms with Crippen LogP contribution in [0.1, 0.15) is 41.6 Å². The molecular formula is C13H19NO5S. The number of hydrogen-bond acceptors (Lipinski definition) is 4. The van der Waals surface area contributed by atoms with E-state index >= 15 is 0 Å². The third kappa shape index (κ3) is 2.88. The van der Waals surface area contributed by atoms with Gasteiger partial charge in [-0.3, -0.25) is 0 Å². The summed E-state index contributed by atoms with van der Waals surface area (Å²) in [5, 5.41) is 9.15. The van der Waals surface area contributed by atoms with Crippen LogP contribution in [0.15, 0.2) is 9.31 Å². The summed E-state index contributed by atoms with van der Waals surface area (Å²) >= 11 is 0. The maximum absolute atomic E-state index is 12.3. The van der Waals surface area contributed by atoms with E-state index < -0.39 is 16.0 Å². The van der Waals surface area contributed by atoms with Crippen LogP contribution in [0.5, 0.6) is 0 Å². The fourth-order valence-corrected chi connectivity index (χ4v) is 3.93. The first-order valence-electron chi connectivity index (χ1n) is 6.57. The van der Waals surface area contributed by atoms with Gasteiger partial charge >= 0.3 is 5.97 Å². The fourth-order valence-electron chi connectivity index (χ4n) is 2.38. The predicted octanol–water partition coefficient (Wildman–Crippen LogP) is 1.92. The molecule has 1 atom stereocenters. The Morgan fingerprint density at radius 1 is 1.40 bits per heavy atom. The lowest BCUT2D eigenvalue weighted by molar-refractivity contribution is 0.0691. The second-order valence-corrected chi connectivity index (χ2v) is 7.09. The molecule has 1 unspecified atom stereocenters. The van der Waals surface area contributed by atoms with Crippen molar-refractivity contribution in [2.45, 2.75) is 38.5 Å². The quantitative estimate of drug-likeness (QED) is 0.836. The van der Waals surface area contributed by atoms with Crippen molar-refractivity contribution in [1.29, 1.82) is 0 Å². The molecule has 0 spiro atoms. The maximum atomic E-state index is 12.3. The normalized spacial score (nSPS) is 17.1. The smallest absolute Gasteiger partial charge is 0.340 e. The van der Waals surface area contributed by atoms with Crippen LogP contribution in [0, 0.1) is 25.7 Å². The molecule has 1 aliphatic rings. The lowest BCUT2D eigenvalue weighted by Crippen LogP contribution is -2.30. The molecule has 6 nitrogen and oxygen atoms in total. The molecule has 1 fully saturated rings. The van der Waals surface area contributed by atoms with Crippen molar-refractivity contribution >= 4 is 16.0 Å². The molecule has 0 radical (unpaired) electrons. The summed E-state index contributed by atoms with van der Waals surface area (Å²) in [6.45, 7) is 5.21. The Balaban J connectivity index is 2.26. The highest BCUT2D eigenvalue weighted by Gasteiger charge is 2.33. The van der Waals surface area contributed by atoms with Crippen LogP contribution >= 0.6 is 0 Å². The van der Waals surface area contributed by atoms with Crippen LogP contribution in [0.25, 0.3) is 0 Å². The van der Waals surface area contributed by atoms with Crippen molar-refractivity contribution in [3.05, 3.63) is 17.1 Å². The van der Waals surface area contributed by atoms with Gasteiger partial charge in [-0.05, 0) is 38.5 Å². The number of sulfonamides is 1. The second kappa shape index (κ2) is 5.21. The Bertz CT molecular complexity index is 627. The minimum absolute atomic E-state index is 0.102. The van der Waals surface area contributed by atoms with Crippen LogP contribution in [0.4, 0.5) is 0 Å². The molecule has 1 aromatic rings. The number of carbonyl (C=O) groups is 1. The minimum Gasteiger partial charge on any atom is -0.478 e. The zero-order valence-electron chi connectivity index (χ0n) is 11.8. The Morgan fingerprint density at radius 2 is 2.00 bits per heavy atom. The summed E-state index contributed by atoms with van der Waals surface area (Å²) in [6.07, 6.45) is 2.26. The van der Waals surface area contributed by atoms with Crippen LogP contribution in [-0.2, 0) is 10.0 Å². The van der Waals surface area contributed by atoms with Crippen molar-refractivity contribution in [2.24, 2.45) is 11.8 Å². The van der Waals surface area contributed by atoms with E-state index in [1.165, 1.54) is 13.8 Å². The van der Waals surface area contributed by atoms with E-state index in [9.17, 15) is 13.2 Å². The number of nitrogens with one attached hydrogen (secondary N) is 1. The van der Waals surface area contributed by atoms with Crippen LogP contribution in [0.2, 0.25) is 0 Å². The lowest BCUT2D eigenvalue weighted by Gasteiger charge is -2.12. The minimum atomic E-state index is -3.87. The second-order valence-electron chi connectivity index (χ2n) is 5.39. The first-order chi connectivity index (χ1) is 9.24. The number of aryl methyl sites for hydroxylation is 2. The fraction of sp³-hybridized carbons (Fsp3) is 0.615. The summed E-state index contributed by atoms with van der Waals surface area (Å²) in [7, 11) is -3.87. The zero-order chi connectivity index (χ0) is 15.1. The largest absolute Gasteiger partial charge is 0.478 e. The highest BCUT2D eigenvalue weighted by molar-refractivity contribution is 7.89. The Kier molecular flexibility index (Phi) is 3.93. The lowest BCUT2D eigenvalue weighted by atomic mass is 10.1. The van der Waals surface area contributed by atoms with Gasteiger partial charge in [0, 0.05) is 6.54 Å². The molecule has 112 valence electrons. The number of aromatic carboxylic acids is 1. The van der Waals surface area contributed by atoms with Crippen molar-refractivity contribution in [3.63, 3.8) is 0 Å². The third-order valence-corrected chi connectivity index (χ3v) is 5.29. The topological polar surface area (TPSA) is 96.6 Å². The molecule has 0 bridgehead atoms. The van der Waals surface area contributed by atoms with Crippen LogP contribution in [0.3, 0.4) is 0 Å². The van der Waals surface area contributed by atoms with E-state index in [0.717, 1.165) is 12.8 Å². The standard InChI is InChI=1S/C13H19NO5S/c1-7(10-4-5-10)6-14-20(17,18)12-9(3)19-8(2)11(12)13(15)16/h7,10,14H,4-6H2,1-3H3,(H,15,16). The number of furan rings is 1. The van der Waals surface area contributed by atoms with Crippen molar-refractivity contribution in [2.75, 3.05) is 6.54 Å². The van der Waals surface area contributed by atoms with Crippen LogP contribution in [-0.4, -0.2) is 26.0 Å².